The molecule has 0 N–H and O–H groups in total. The smallest absolute Gasteiger partial charge is 0.311 e. The molecule has 0 saturated carbocycles. The Balaban J connectivity index is 2.05. The molecule has 0 aliphatic rings. The van der Waals surface area contributed by atoms with Crippen LogP contribution in [0.4, 0.5) is 5.69 Å². The Bertz CT molecular complexity index is 1130. The molecule has 0 atom stereocenters. The first-order chi connectivity index (χ1) is 14.0. The van der Waals surface area contributed by atoms with E-state index in [0.29, 0.717) is 27.0 Å². The molecule has 0 bridgehead atoms. The van der Waals surface area contributed by atoms with Crippen molar-refractivity contribution in [1.82, 2.24) is 4.98 Å². The second kappa shape index (κ2) is 8.73. The molecule has 3 aromatic rings. The van der Waals surface area contributed by atoms with Crippen LogP contribution in [-0.4, -0.2) is 24.1 Å². The lowest BCUT2D eigenvalue weighted by molar-refractivity contribution is -0.385. The van der Waals surface area contributed by atoms with E-state index in [1.54, 1.807) is 12.1 Å². The van der Waals surface area contributed by atoms with Crippen LogP contribution in [0.5, 0.6) is 11.5 Å². The van der Waals surface area contributed by atoms with Gasteiger partial charge in [0.2, 0.25) is 5.75 Å². The molecule has 0 spiro atoms. The molecule has 0 amide bonds. The van der Waals surface area contributed by atoms with Crippen LogP contribution in [0.1, 0.15) is 10.6 Å². The average molecular weight is 428 g/mol. The number of ether oxygens (including phenoxy) is 2. The number of allylic oxidation sites excluding steroid dienone is 1. The zero-order valence-electron chi connectivity index (χ0n) is 15.4. The lowest BCUT2D eigenvalue weighted by atomic mass is 10.1. The van der Waals surface area contributed by atoms with Gasteiger partial charge in [-0.2, -0.15) is 5.26 Å². The Kier molecular flexibility index (Phi) is 6.12. The van der Waals surface area contributed by atoms with Gasteiger partial charge in [0.05, 0.1) is 30.4 Å². The summed E-state index contributed by atoms with van der Waals surface area (Å²) in [6, 6.07) is 12.0. The highest BCUT2D eigenvalue weighted by Crippen LogP contribution is 2.37. The van der Waals surface area contributed by atoms with Gasteiger partial charge in [-0.05, 0) is 18.2 Å². The lowest BCUT2D eigenvalue weighted by Crippen LogP contribution is -1.97. The molecule has 0 unspecified atom stereocenters. The molecule has 2 aromatic carbocycles. The van der Waals surface area contributed by atoms with E-state index < -0.39 is 4.92 Å². The van der Waals surface area contributed by atoms with Gasteiger partial charge in [-0.1, -0.05) is 23.7 Å². The molecule has 9 heteroatoms. The topological polar surface area (TPSA) is 98.3 Å². The number of methoxy groups -OCH3 is 2. The number of thiazole rings is 1. The number of benzene rings is 2. The lowest BCUT2D eigenvalue weighted by Gasteiger charge is -2.08. The average Bonchev–Trinajstić information content (AvgIpc) is 3.21. The van der Waals surface area contributed by atoms with Crippen molar-refractivity contribution >= 4 is 40.3 Å². The van der Waals surface area contributed by atoms with E-state index in [2.05, 4.69) is 11.1 Å². The fourth-order valence-electron chi connectivity index (χ4n) is 2.61. The summed E-state index contributed by atoms with van der Waals surface area (Å²) >= 11 is 7.21. The maximum atomic E-state index is 11.3. The number of hydrogen-bond acceptors (Lipinski definition) is 7. The van der Waals surface area contributed by atoms with Gasteiger partial charge in [0.15, 0.2) is 0 Å². The third-order valence-corrected chi connectivity index (χ3v) is 5.15. The highest BCUT2D eigenvalue weighted by molar-refractivity contribution is 7.11. The molecule has 0 aliphatic heterocycles. The van der Waals surface area contributed by atoms with Crippen molar-refractivity contribution in [3.05, 3.63) is 67.5 Å². The highest BCUT2D eigenvalue weighted by Gasteiger charge is 2.20. The number of hydrogen-bond donors (Lipinski definition) is 0. The summed E-state index contributed by atoms with van der Waals surface area (Å²) in [5.41, 5.74) is 1.98. The first kappa shape index (κ1) is 20.3. The van der Waals surface area contributed by atoms with E-state index in [-0.39, 0.29) is 17.0 Å². The van der Waals surface area contributed by atoms with Crippen molar-refractivity contribution in [1.29, 1.82) is 5.26 Å². The van der Waals surface area contributed by atoms with Crippen molar-refractivity contribution in [2.24, 2.45) is 0 Å². The quantitative estimate of drug-likeness (QED) is 0.294. The number of halogens is 1. The molecular weight excluding hydrogens is 414 g/mol. The van der Waals surface area contributed by atoms with Gasteiger partial charge in [-0.15, -0.1) is 11.3 Å². The van der Waals surface area contributed by atoms with E-state index in [9.17, 15) is 15.4 Å². The van der Waals surface area contributed by atoms with Gasteiger partial charge in [-0.25, -0.2) is 4.98 Å². The SMILES string of the molecule is COc1cc(OC)c([N+](=O)[O-])cc1/C=C(/C#N)c1nc(-c2ccc(Cl)cc2)cs1. The number of rotatable bonds is 6. The van der Waals surface area contributed by atoms with E-state index in [1.807, 2.05) is 17.5 Å². The summed E-state index contributed by atoms with van der Waals surface area (Å²) in [6.45, 7) is 0. The molecule has 7 nitrogen and oxygen atoms in total. The molecule has 3 rings (SSSR count). The Morgan fingerprint density at radius 3 is 2.52 bits per heavy atom. The Labute approximate surface area is 175 Å². The first-order valence-electron chi connectivity index (χ1n) is 8.21. The molecule has 1 aromatic heterocycles. The monoisotopic (exact) mass is 427 g/mol. The van der Waals surface area contributed by atoms with Crippen molar-refractivity contribution in [3.63, 3.8) is 0 Å². The van der Waals surface area contributed by atoms with E-state index in [4.69, 9.17) is 21.1 Å². The first-order valence-corrected chi connectivity index (χ1v) is 9.46. The Morgan fingerprint density at radius 1 is 1.24 bits per heavy atom. The second-order valence-corrected chi connectivity index (χ2v) is 7.03. The number of nitro benzene ring substituents is 1. The van der Waals surface area contributed by atoms with Crippen LogP contribution in [0.15, 0.2) is 41.8 Å². The summed E-state index contributed by atoms with van der Waals surface area (Å²) in [7, 11) is 2.78. The van der Waals surface area contributed by atoms with Crippen molar-refractivity contribution in [2.75, 3.05) is 14.2 Å². The summed E-state index contributed by atoms with van der Waals surface area (Å²) in [4.78, 5) is 15.3. The van der Waals surface area contributed by atoms with Crippen LogP contribution in [0.25, 0.3) is 22.9 Å². The summed E-state index contributed by atoms with van der Waals surface area (Å²) in [6.07, 6.45) is 1.51. The zero-order valence-corrected chi connectivity index (χ0v) is 17.0. The van der Waals surface area contributed by atoms with Crippen LogP contribution in [0, 0.1) is 21.4 Å². The van der Waals surface area contributed by atoms with E-state index >= 15 is 0 Å². The number of nitriles is 1. The molecule has 146 valence electrons. The third kappa shape index (κ3) is 4.37. The van der Waals surface area contributed by atoms with Gasteiger partial charge in [0.1, 0.15) is 16.8 Å². The molecule has 0 fully saturated rings. The molecule has 29 heavy (non-hydrogen) atoms. The Morgan fingerprint density at radius 2 is 1.93 bits per heavy atom. The molecular formula is C20H14ClN3O4S. The van der Waals surface area contributed by atoms with Gasteiger partial charge in [-0.3, -0.25) is 10.1 Å². The minimum atomic E-state index is -0.552. The van der Waals surface area contributed by atoms with Gasteiger partial charge < -0.3 is 9.47 Å². The van der Waals surface area contributed by atoms with Gasteiger partial charge in [0.25, 0.3) is 0 Å². The van der Waals surface area contributed by atoms with Gasteiger partial charge in [0, 0.05) is 33.7 Å². The Hall–Kier alpha value is -3.41. The zero-order chi connectivity index (χ0) is 21.0. The maximum absolute atomic E-state index is 11.3. The third-order valence-electron chi connectivity index (χ3n) is 4.02. The minimum Gasteiger partial charge on any atom is -0.496 e. The maximum Gasteiger partial charge on any atom is 0.311 e. The van der Waals surface area contributed by atoms with Crippen LogP contribution in [0.3, 0.4) is 0 Å². The van der Waals surface area contributed by atoms with Crippen molar-refractivity contribution in [3.8, 4) is 28.8 Å². The number of nitrogens with zero attached hydrogens (tertiary/aromatic N) is 3. The standard InChI is InChI=1S/C20H14ClN3O4S/c1-27-18-9-19(28-2)17(24(25)26)8-13(18)7-14(10-22)20-23-16(11-29-20)12-3-5-15(21)6-4-12/h3-9,11H,1-2H3/b14-7-. The van der Waals surface area contributed by atoms with Crippen LogP contribution < -0.4 is 9.47 Å². The fourth-order valence-corrected chi connectivity index (χ4v) is 3.53. The van der Waals surface area contributed by atoms with Gasteiger partial charge >= 0.3 is 5.69 Å². The molecule has 1 heterocycles. The molecule has 0 radical (unpaired) electrons. The predicted molar refractivity (Wildman–Crippen MR) is 112 cm³/mol. The van der Waals surface area contributed by atoms with Crippen LogP contribution >= 0.6 is 22.9 Å². The van der Waals surface area contributed by atoms with E-state index in [1.165, 1.54) is 43.8 Å². The highest BCUT2D eigenvalue weighted by atomic mass is 35.5. The number of aromatic nitrogens is 1. The largest absolute Gasteiger partial charge is 0.496 e. The van der Waals surface area contributed by atoms with Crippen LogP contribution in [0.2, 0.25) is 5.02 Å². The minimum absolute atomic E-state index is 0.0711. The van der Waals surface area contributed by atoms with Crippen molar-refractivity contribution < 1.29 is 14.4 Å². The predicted octanol–water partition coefficient (Wildman–Crippen LogP) is 5.45. The summed E-state index contributed by atoms with van der Waals surface area (Å²) in [5, 5.41) is 23.9. The summed E-state index contributed by atoms with van der Waals surface area (Å²) in [5.74, 6) is 0.413. The summed E-state index contributed by atoms with van der Waals surface area (Å²) < 4.78 is 10.4. The fraction of sp³-hybridized carbons (Fsp3) is 0.100. The van der Waals surface area contributed by atoms with Crippen LogP contribution in [-0.2, 0) is 0 Å². The normalized spacial score (nSPS) is 11.0. The van der Waals surface area contributed by atoms with E-state index in [0.717, 1.165) is 5.56 Å². The molecule has 0 saturated heterocycles. The number of nitro groups is 1. The second-order valence-electron chi connectivity index (χ2n) is 5.74. The van der Waals surface area contributed by atoms with Crippen molar-refractivity contribution in [2.45, 2.75) is 0 Å². The molecule has 0 aliphatic carbocycles.